The Labute approximate surface area is 159 Å². The van der Waals surface area contributed by atoms with E-state index in [1.807, 2.05) is 42.5 Å². The van der Waals surface area contributed by atoms with Crippen LogP contribution in [0.4, 0.5) is 0 Å². The Bertz CT molecular complexity index is 981. The normalized spacial score (nSPS) is 13.0. The highest BCUT2D eigenvalue weighted by Gasteiger charge is 2.26. The Morgan fingerprint density at radius 2 is 1.67 bits per heavy atom. The van der Waals surface area contributed by atoms with Crippen LogP contribution in [-0.2, 0) is 16.4 Å². The van der Waals surface area contributed by atoms with E-state index >= 15 is 0 Å². The topological polar surface area (TPSA) is 85.1 Å². The molecule has 0 saturated heterocycles. The highest BCUT2D eigenvalue weighted by Crippen LogP contribution is 2.22. The molecule has 1 N–H and O–H groups in total. The van der Waals surface area contributed by atoms with Gasteiger partial charge in [-0.25, -0.2) is 8.42 Å². The first kappa shape index (κ1) is 19.3. The number of aromatic nitrogens is 2. The van der Waals surface area contributed by atoms with Gasteiger partial charge in [-0.2, -0.15) is 4.72 Å². The van der Waals surface area contributed by atoms with Gasteiger partial charge in [-0.1, -0.05) is 56.3 Å². The molecule has 1 unspecified atom stereocenters. The molecule has 0 aliphatic heterocycles. The molecule has 0 radical (unpaired) electrons. The predicted molar refractivity (Wildman–Crippen MR) is 103 cm³/mol. The molecule has 1 atom stereocenters. The summed E-state index contributed by atoms with van der Waals surface area (Å²) >= 11 is 0. The highest BCUT2D eigenvalue weighted by atomic mass is 32.2. The molecule has 1 aromatic heterocycles. The number of hydrogen-bond donors (Lipinski definition) is 1. The number of benzene rings is 2. The van der Waals surface area contributed by atoms with Crippen LogP contribution in [0.25, 0.3) is 0 Å². The molecule has 0 amide bonds. The molecule has 7 heteroatoms. The van der Waals surface area contributed by atoms with Gasteiger partial charge in [-0.15, -0.1) is 10.2 Å². The Morgan fingerprint density at radius 3 is 2.22 bits per heavy atom. The van der Waals surface area contributed by atoms with Gasteiger partial charge in [0.25, 0.3) is 0 Å². The Kier molecular flexibility index (Phi) is 5.72. The van der Waals surface area contributed by atoms with Crippen molar-refractivity contribution in [1.82, 2.24) is 14.9 Å². The van der Waals surface area contributed by atoms with Crippen LogP contribution in [0.2, 0.25) is 0 Å². The van der Waals surface area contributed by atoms with E-state index in [0.717, 1.165) is 11.1 Å². The summed E-state index contributed by atoms with van der Waals surface area (Å²) in [6.07, 6.45) is 0.409. The van der Waals surface area contributed by atoms with Crippen molar-refractivity contribution in [2.75, 3.05) is 0 Å². The minimum atomic E-state index is -3.74. The number of aryl methyl sites for hydroxylation is 1. The van der Waals surface area contributed by atoms with Gasteiger partial charge >= 0.3 is 0 Å². The fraction of sp³-hybridized carbons (Fsp3) is 0.300. The minimum Gasteiger partial charge on any atom is -0.424 e. The summed E-state index contributed by atoms with van der Waals surface area (Å²) in [5.41, 5.74) is 2.05. The monoisotopic (exact) mass is 385 g/mol. The summed E-state index contributed by atoms with van der Waals surface area (Å²) in [4.78, 5) is 0.209. The van der Waals surface area contributed by atoms with Gasteiger partial charge in [0.1, 0.15) is 6.04 Å². The van der Waals surface area contributed by atoms with E-state index in [0.29, 0.717) is 18.2 Å². The highest BCUT2D eigenvalue weighted by molar-refractivity contribution is 7.89. The van der Waals surface area contributed by atoms with Crippen LogP contribution in [0.3, 0.4) is 0 Å². The molecule has 142 valence electrons. The molecule has 0 aliphatic carbocycles. The molecule has 6 nitrogen and oxygen atoms in total. The van der Waals surface area contributed by atoms with Crippen molar-refractivity contribution in [1.29, 1.82) is 0 Å². The maximum absolute atomic E-state index is 12.9. The van der Waals surface area contributed by atoms with E-state index < -0.39 is 16.1 Å². The third-order valence-electron chi connectivity index (χ3n) is 4.28. The van der Waals surface area contributed by atoms with E-state index in [1.165, 1.54) is 0 Å². The summed E-state index contributed by atoms with van der Waals surface area (Å²) in [7, 11) is -3.74. The summed E-state index contributed by atoms with van der Waals surface area (Å²) in [5.74, 6) is 0.976. The van der Waals surface area contributed by atoms with Crippen LogP contribution in [0, 0.1) is 6.92 Å². The van der Waals surface area contributed by atoms with Crippen molar-refractivity contribution in [3.8, 4) is 0 Å². The summed E-state index contributed by atoms with van der Waals surface area (Å²) in [5, 5.41) is 7.85. The van der Waals surface area contributed by atoms with Crippen molar-refractivity contribution >= 4 is 10.0 Å². The third kappa shape index (κ3) is 4.81. The van der Waals surface area contributed by atoms with E-state index in [9.17, 15) is 8.42 Å². The second kappa shape index (κ2) is 8.02. The Balaban J connectivity index is 1.88. The van der Waals surface area contributed by atoms with Gasteiger partial charge in [-0.05, 0) is 35.6 Å². The van der Waals surface area contributed by atoms with Crippen molar-refractivity contribution < 1.29 is 12.8 Å². The molecule has 2 aromatic carbocycles. The lowest BCUT2D eigenvalue weighted by atomic mass is 10.0. The number of rotatable bonds is 7. The van der Waals surface area contributed by atoms with Crippen molar-refractivity contribution in [2.24, 2.45) is 0 Å². The third-order valence-corrected chi connectivity index (χ3v) is 5.76. The van der Waals surface area contributed by atoms with Crippen LogP contribution in [-0.4, -0.2) is 18.6 Å². The quantitative estimate of drug-likeness (QED) is 0.669. The van der Waals surface area contributed by atoms with Gasteiger partial charge in [0.05, 0.1) is 4.90 Å². The zero-order chi connectivity index (χ0) is 19.4. The molecular weight excluding hydrogens is 362 g/mol. The summed E-state index contributed by atoms with van der Waals surface area (Å²) in [6, 6.07) is 15.9. The smallest absolute Gasteiger partial charge is 0.241 e. The molecule has 0 fully saturated rings. The fourth-order valence-electron chi connectivity index (χ4n) is 2.77. The average molecular weight is 385 g/mol. The minimum absolute atomic E-state index is 0.209. The van der Waals surface area contributed by atoms with Gasteiger partial charge in [0, 0.05) is 6.92 Å². The summed E-state index contributed by atoms with van der Waals surface area (Å²) < 4.78 is 34.0. The lowest BCUT2D eigenvalue weighted by Crippen LogP contribution is -2.30. The van der Waals surface area contributed by atoms with Crippen LogP contribution < -0.4 is 4.72 Å². The standard InChI is InChI=1S/C20H23N3O3S/c1-14(2)17-9-11-18(12-10-17)27(24,25)23-19(20-22-21-15(3)26-20)13-16-7-5-4-6-8-16/h4-12,14,19,23H,13H2,1-3H3. The molecule has 3 aromatic rings. The zero-order valence-electron chi connectivity index (χ0n) is 15.6. The van der Waals surface area contributed by atoms with E-state index in [-0.39, 0.29) is 10.8 Å². The first-order chi connectivity index (χ1) is 12.8. The number of hydrogen-bond acceptors (Lipinski definition) is 5. The number of nitrogens with one attached hydrogen (secondary N) is 1. The Hall–Kier alpha value is -2.51. The lowest BCUT2D eigenvalue weighted by molar-refractivity contribution is 0.411. The molecule has 0 saturated carbocycles. The zero-order valence-corrected chi connectivity index (χ0v) is 16.4. The van der Waals surface area contributed by atoms with Gasteiger partial charge < -0.3 is 4.42 Å². The molecule has 27 heavy (non-hydrogen) atoms. The maximum atomic E-state index is 12.9. The second-order valence-electron chi connectivity index (χ2n) is 6.75. The van der Waals surface area contributed by atoms with Crippen LogP contribution in [0.15, 0.2) is 63.9 Å². The number of sulfonamides is 1. The van der Waals surface area contributed by atoms with Gasteiger partial charge in [0.2, 0.25) is 21.8 Å². The van der Waals surface area contributed by atoms with E-state index in [4.69, 9.17) is 4.42 Å². The maximum Gasteiger partial charge on any atom is 0.241 e. The second-order valence-corrected chi connectivity index (χ2v) is 8.46. The summed E-state index contributed by atoms with van der Waals surface area (Å²) in [6.45, 7) is 5.81. The van der Waals surface area contributed by atoms with Crippen molar-refractivity contribution in [3.63, 3.8) is 0 Å². The van der Waals surface area contributed by atoms with E-state index in [1.54, 1.807) is 19.1 Å². The first-order valence-electron chi connectivity index (χ1n) is 8.81. The van der Waals surface area contributed by atoms with Crippen LogP contribution in [0.1, 0.15) is 48.7 Å². The van der Waals surface area contributed by atoms with Gasteiger partial charge in [0.15, 0.2) is 0 Å². The van der Waals surface area contributed by atoms with Crippen LogP contribution in [0.5, 0.6) is 0 Å². The molecular formula is C20H23N3O3S. The van der Waals surface area contributed by atoms with Crippen LogP contribution >= 0.6 is 0 Å². The molecule has 0 spiro atoms. The van der Waals surface area contributed by atoms with Gasteiger partial charge in [-0.3, -0.25) is 0 Å². The largest absolute Gasteiger partial charge is 0.424 e. The molecule has 0 aliphatic rings. The van der Waals surface area contributed by atoms with Crippen molar-refractivity contribution in [3.05, 3.63) is 77.5 Å². The average Bonchev–Trinajstić information content (AvgIpc) is 3.08. The molecule has 1 heterocycles. The fourth-order valence-corrected chi connectivity index (χ4v) is 3.96. The SMILES string of the molecule is Cc1nnc(C(Cc2ccccc2)NS(=O)(=O)c2ccc(C(C)C)cc2)o1. The molecule has 3 rings (SSSR count). The number of nitrogens with zero attached hydrogens (tertiary/aromatic N) is 2. The first-order valence-corrected chi connectivity index (χ1v) is 10.3. The van der Waals surface area contributed by atoms with E-state index in [2.05, 4.69) is 28.8 Å². The lowest BCUT2D eigenvalue weighted by Gasteiger charge is -2.16. The Morgan fingerprint density at radius 1 is 1.00 bits per heavy atom. The predicted octanol–water partition coefficient (Wildman–Crippen LogP) is 3.76. The molecule has 0 bridgehead atoms. The van der Waals surface area contributed by atoms with Crippen molar-refractivity contribution in [2.45, 2.75) is 44.0 Å².